The van der Waals surface area contributed by atoms with Crippen molar-refractivity contribution in [1.29, 1.82) is 0 Å². The van der Waals surface area contributed by atoms with Crippen LogP contribution in [0.15, 0.2) is 30.4 Å². The second-order valence-electron chi connectivity index (χ2n) is 7.00. The second-order valence-corrected chi connectivity index (χ2v) is 7.00. The van der Waals surface area contributed by atoms with Gasteiger partial charge in [-0.05, 0) is 44.4 Å². The van der Waals surface area contributed by atoms with Crippen molar-refractivity contribution < 1.29 is 28.3 Å². The number of benzene rings is 1. The van der Waals surface area contributed by atoms with E-state index in [2.05, 4.69) is 5.32 Å². The summed E-state index contributed by atoms with van der Waals surface area (Å²) in [7, 11) is 0. The smallest absolute Gasteiger partial charge is 0.326 e. The highest BCUT2D eigenvalue weighted by molar-refractivity contribution is 6.07. The largest absolute Gasteiger partial charge is 0.451 e. The number of aryl methyl sites for hydroxylation is 1. The van der Waals surface area contributed by atoms with Crippen LogP contribution >= 0.6 is 0 Å². The van der Waals surface area contributed by atoms with Crippen LogP contribution in [-0.4, -0.2) is 41.2 Å². The van der Waals surface area contributed by atoms with Crippen LogP contribution in [0.2, 0.25) is 0 Å². The van der Waals surface area contributed by atoms with E-state index in [-0.39, 0.29) is 17.5 Å². The van der Waals surface area contributed by atoms with Gasteiger partial charge in [-0.2, -0.15) is 0 Å². The van der Waals surface area contributed by atoms with Gasteiger partial charge in [-0.15, -0.1) is 0 Å². The van der Waals surface area contributed by atoms with Crippen LogP contribution in [0, 0.1) is 24.6 Å². The number of hydrogen-bond acceptors (Lipinski definition) is 5. The number of imide groups is 1. The number of fused-ring (bicyclic) bond motifs is 1. The number of hydrogen-bond donors (Lipinski definition) is 1. The number of likely N-dealkylation sites (tertiary alicyclic amines) is 1. The van der Waals surface area contributed by atoms with Gasteiger partial charge in [0.15, 0.2) is 6.10 Å². The first-order valence-corrected chi connectivity index (χ1v) is 9.04. The van der Waals surface area contributed by atoms with Gasteiger partial charge in [0, 0.05) is 5.69 Å². The molecule has 3 rings (SSSR count). The van der Waals surface area contributed by atoms with Crippen molar-refractivity contribution in [3.8, 4) is 0 Å². The van der Waals surface area contributed by atoms with Crippen molar-refractivity contribution in [3.63, 3.8) is 0 Å². The molecule has 1 aromatic carbocycles. The van der Waals surface area contributed by atoms with Crippen molar-refractivity contribution in [1.82, 2.24) is 4.90 Å². The number of nitrogens with one attached hydrogen (secondary N) is 1. The Morgan fingerprint density at radius 3 is 2.39 bits per heavy atom. The SMILES string of the molecule is Cc1ccc(NC(=O)[C@H](C)OC(=O)CN2C(=O)[C@H]3CC=CC[C@@H]3C2=O)cc1F. The molecule has 0 unspecified atom stereocenters. The van der Waals surface area contributed by atoms with Gasteiger partial charge in [-0.3, -0.25) is 24.1 Å². The number of rotatable bonds is 5. The van der Waals surface area contributed by atoms with Crippen LogP contribution in [0.4, 0.5) is 10.1 Å². The van der Waals surface area contributed by atoms with E-state index in [0.717, 1.165) is 4.90 Å². The van der Waals surface area contributed by atoms with Crippen LogP contribution in [0.1, 0.15) is 25.3 Å². The lowest BCUT2D eigenvalue weighted by atomic mass is 9.85. The highest BCUT2D eigenvalue weighted by atomic mass is 19.1. The molecule has 1 fully saturated rings. The molecule has 0 radical (unpaired) electrons. The summed E-state index contributed by atoms with van der Waals surface area (Å²) in [6.07, 6.45) is 3.50. The van der Waals surface area contributed by atoms with E-state index in [1.165, 1.54) is 25.1 Å². The average molecular weight is 388 g/mol. The maximum Gasteiger partial charge on any atom is 0.326 e. The number of anilines is 1. The molecule has 3 atom stereocenters. The van der Waals surface area contributed by atoms with Gasteiger partial charge >= 0.3 is 5.97 Å². The molecule has 0 bridgehead atoms. The quantitative estimate of drug-likeness (QED) is 0.473. The minimum atomic E-state index is -1.17. The molecule has 0 aromatic heterocycles. The molecule has 148 valence electrons. The fraction of sp³-hybridized carbons (Fsp3) is 0.400. The van der Waals surface area contributed by atoms with Crippen molar-refractivity contribution in [3.05, 3.63) is 41.7 Å². The summed E-state index contributed by atoms with van der Waals surface area (Å²) >= 11 is 0. The number of allylic oxidation sites excluding steroid dienone is 2. The molecular formula is C20H21FN2O5. The average Bonchev–Trinajstić information content (AvgIpc) is 2.90. The Labute approximate surface area is 161 Å². The van der Waals surface area contributed by atoms with Crippen LogP contribution < -0.4 is 5.32 Å². The van der Waals surface area contributed by atoms with Gasteiger partial charge in [0.2, 0.25) is 11.8 Å². The van der Waals surface area contributed by atoms with Gasteiger partial charge in [0.1, 0.15) is 12.4 Å². The Morgan fingerprint density at radius 1 is 1.21 bits per heavy atom. The van der Waals surface area contributed by atoms with Crippen molar-refractivity contribution in [2.45, 2.75) is 32.8 Å². The van der Waals surface area contributed by atoms with Gasteiger partial charge in [-0.25, -0.2) is 4.39 Å². The summed E-state index contributed by atoms with van der Waals surface area (Å²) in [5.41, 5.74) is 0.672. The zero-order chi connectivity index (χ0) is 20.4. The van der Waals surface area contributed by atoms with Crippen LogP contribution in [0.25, 0.3) is 0 Å². The molecule has 28 heavy (non-hydrogen) atoms. The Bertz CT molecular complexity index is 840. The first-order valence-electron chi connectivity index (χ1n) is 9.04. The Morgan fingerprint density at radius 2 is 1.82 bits per heavy atom. The van der Waals surface area contributed by atoms with E-state index in [9.17, 15) is 23.6 Å². The molecule has 1 saturated heterocycles. The maximum atomic E-state index is 13.6. The maximum absolute atomic E-state index is 13.6. The lowest BCUT2D eigenvalue weighted by Crippen LogP contribution is -2.39. The summed E-state index contributed by atoms with van der Waals surface area (Å²) in [4.78, 5) is 49.9. The summed E-state index contributed by atoms with van der Waals surface area (Å²) in [6.45, 7) is 2.43. The summed E-state index contributed by atoms with van der Waals surface area (Å²) in [5, 5.41) is 2.46. The fourth-order valence-electron chi connectivity index (χ4n) is 3.36. The van der Waals surface area contributed by atoms with Gasteiger partial charge in [-0.1, -0.05) is 18.2 Å². The number of amides is 3. The lowest BCUT2D eigenvalue weighted by molar-refractivity contribution is -0.158. The normalized spacial score (nSPS) is 22.0. The lowest BCUT2D eigenvalue weighted by Gasteiger charge is -2.17. The number of halogens is 1. The Hall–Kier alpha value is -3.03. The molecule has 1 N–H and O–H groups in total. The molecule has 2 aliphatic rings. The second kappa shape index (κ2) is 7.92. The minimum absolute atomic E-state index is 0.234. The number of carbonyl (C=O) groups is 4. The monoisotopic (exact) mass is 388 g/mol. The topological polar surface area (TPSA) is 92.8 Å². The van der Waals surface area contributed by atoms with E-state index in [0.29, 0.717) is 18.4 Å². The number of carbonyl (C=O) groups excluding carboxylic acids is 4. The van der Waals surface area contributed by atoms with E-state index < -0.39 is 42.2 Å². The van der Waals surface area contributed by atoms with Crippen molar-refractivity contribution in [2.75, 3.05) is 11.9 Å². The third kappa shape index (κ3) is 3.95. The highest BCUT2D eigenvalue weighted by Crippen LogP contribution is 2.34. The molecular weight excluding hydrogens is 367 g/mol. The number of nitrogens with zero attached hydrogens (tertiary/aromatic N) is 1. The Balaban J connectivity index is 1.55. The molecule has 1 heterocycles. The molecule has 1 aliphatic heterocycles. The van der Waals surface area contributed by atoms with E-state index in [1.807, 2.05) is 12.2 Å². The molecule has 8 heteroatoms. The molecule has 0 saturated carbocycles. The first-order chi connectivity index (χ1) is 13.3. The summed E-state index contributed by atoms with van der Waals surface area (Å²) < 4.78 is 18.6. The van der Waals surface area contributed by atoms with Crippen LogP contribution in [-0.2, 0) is 23.9 Å². The van der Waals surface area contributed by atoms with Crippen LogP contribution in [0.5, 0.6) is 0 Å². The third-order valence-electron chi connectivity index (χ3n) is 5.00. The fourth-order valence-corrected chi connectivity index (χ4v) is 3.36. The number of esters is 1. The van der Waals surface area contributed by atoms with E-state index in [1.54, 1.807) is 6.92 Å². The minimum Gasteiger partial charge on any atom is -0.451 e. The predicted octanol–water partition coefficient (Wildman–Crippen LogP) is 1.96. The molecule has 3 amide bonds. The zero-order valence-electron chi connectivity index (χ0n) is 15.6. The molecule has 1 aromatic rings. The predicted molar refractivity (Wildman–Crippen MR) is 97.4 cm³/mol. The van der Waals surface area contributed by atoms with E-state index in [4.69, 9.17) is 4.74 Å². The van der Waals surface area contributed by atoms with Crippen LogP contribution in [0.3, 0.4) is 0 Å². The van der Waals surface area contributed by atoms with Gasteiger partial charge in [0.05, 0.1) is 11.8 Å². The highest BCUT2D eigenvalue weighted by Gasteiger charge is 2.47. The van der Waals surface area contributed by atoms with Crippen molar-refractivity contribution >= 4 is 29.4 Å². The standard InChI is InChI=1S/C20H21FN2O5/c1-11-7-8-13(9-16(11)21)22-18(25)12(2)28-17(24)10-23-19(26)14-5-3-4-6-15(14)20(23)27/h3-4,7-9,12,14-15H,5-6,10H2,1-2H3,(H,22,25)/t12-,14-,15-/m0/s1. The number of ether oxygens (including phenoxy) is 1. The van der Waals surface area contributed by atoms with Gasteiger partial charge < -0.3 is 10.1 Å². The zero-order valence-corrected chi connectivity index (χ0v) is 15.6. The molecule has 1 aliphatic carbocycles. The third-order valence-corrected chi connectivity index (χ3v) is 5.00. The molecule has 7 nitrogen and oxygen atoms in total. The van der Waals surface area contributed by atoms with Crippen molar-refractivity contribution in [2.24, 2.45) is 11.8 Å². The summed E-state index contributed by atoms with van der Waals surface area (Å²) in [6, 6.07) is 4.21. The van der Waals surface area contributed by atoms with E-state index >= 15 is 0 Å². The first kappa shape index (κ1) is 19.7. The molecule has 0 spiro atoms. The van der Waals surface area contributed by atoms with Gasteiger partial charge in [0.25, 0.3) is 5.91 Å². The summed E-state index contributed by atoms with van der Waals surface area (Å²) in [5.74, 6) is -3.60. The Kier molecular flexibility index (Phi) is 5.58.